The Morgan fingerprint density at radius 2 is 1.30 bits per heavy atom. The topological polar surface area (TPSA) is 43.2 Å². The fourth-order valence-electron chi connectivity index (χ4n) is 8.76. The molecule has 0 N–H and O–H groups in total. The van der Waals surface area contributed by atoms with E-state index in [1.165, 1.54) is 46.6 Å². The average Bonchev–Trinajstić information content (AvgIpc) is 3.81. The fourth-order valence-corrected chi connectivity index (χ4v) is 15.1. The molecular weight excluding hydrogens is 721 g/mol. The van der Waals surface area contributed by atoms with Crippen LogP contribution in [0.15, 0.2) is 188 Å². The Balaban J connectivity index is 1.12. The molecule has 0 bridgehead atoms. The van der Waals surface area contributed by atoms with Gasteiger partial charge in [-0.05, 0) is 69.3 Å². The number of nitrogens with zero attached hydrogens (tertiary/aromatic N) is 4. The number of imidazole rings is 1. The van der Waals surface area contributed by atoms with Crippen LogP contribution in [0.25, 0.3) is 42.6 Å². The highest BCUT2D eigenvalue weighted by Gasteiger charge is 2.50. The summed E-state index contributed by atoms with van der Waals surface area (Å²) in [6.45, 7) is 0. The number of anilines is 3. The predicted molar refractivity (Wildman–Crippen MR) is 235 cm³/mol. The van der Waals surface area contributed by atoms with Crippen molar-refractivity contribution >= 4 is 88.6 Å². The van der Waals surface area contributed by atoms with Gasteiger partial charge < -0.3 is 9.30 Å². The summed E-state index contributed by atoms with van der Waals surface area (Å²) in [4.78, 5) is 12.6. The summed E-state index contributed by atoms with van der Waals surface area (Å²) >= 11 is 1.86. The van der Waals surface area contributed by atoms with Gasteiger partial charge in [-0.15, -0.1) is 11.3 Å². The van der Waals surface area contributed by atoms with Gasteiger partial charge in [-0.25, -0.2) is 9.97 Å². The third-order valence-corrected chi connectivity index (χ3v) is 17.2. The van der Waals surface area contributed by atoms with Crippen molar-refractivity contribution in [3.05, 3.63) is 188 Å². The Hall–Kier alpha value is -6.80. The zero-order chi connectivity index (χ0) is 37.2. The van der Waals surface area contributed by atoms with Gasteiger partial charge in [0.1, 0.15) is 23.1 Å². The first-order valence-electron chi connectivity index (χ1n) is 18.8. The molecule has 7 aromatic carbocycles. The number of aryl methyl sites for hydroxylation is 1. The van der Waals surface area contributed by atoms with Crippen molar-refractivity contribution in [1.82, 2.24) is 14.5 Å². The summed E-state index contributed by atoms with van der Waals surface area (Å²) in [5, 5.41) is 7.79. The molecule has 266 valence electrons. The molecule has 0 aliphatic carbocycles. The van der Waals surface area contributed by atoms with Gasteiger partial charge in [0.2, 0.25) is 0 Å². The van der Waals surface area contributed by atoms with Crippen molar-refractivity contribution < 1.29 is 4.74 Å². The van der Waals surface area contributed by atoms with Gasteiger partial charge >= 0.3 is 0 Å². The van der Waals surface area contributed by atoms with Gasteiger partial charge in [0, 0.05) is 40.3 Å². The van der Waals surface area contributed by atoms with E-state index in [0.717, 1.165) is 45.4 Å². The Kier molecular flexibility index (Phi) is 7.52. The second kappa shape index (κ2) is 12.9. The quantitative estimate of drug-likeness (QED) is 0.159. The summed E-state index contributed by atoms with van der Waals surface area (Å²) in [5.41, 5.74) is 5.24. The monoisotopic (exact) mass is 754 g/mol. The first-order chi connectivity index (χ1) is 27.7. The largest absolute Gasteiger partial charge is 0.457 e. The summed E-state index contributed by atoms with van der Waals surface area (Å²) in [5.74, 6) is 3.34. The van der Waals surface area contributed by atoms with E-state index < -0.39 is 8.07 Å². The predicted octanol–water partition coefficient (Wildman–Crippen LogP) is 9.96. The Bertz CT molecular complexity index is 3060. The number of para-hydroxylation sites is 2. The van der Waals surface area contributed by atoms with Crippen LogP contribution in [-0.4, -0.2) is 22.6 Å². The molecule has 10 aromatic rings. The van der Waals surface area contributed by atoms with Gasteiger partial charge in [-0.2, -0.15) is 0 Å². The highest BCUT2D eigenvalue weighted by atomic mass is 32.1. The van der Waals surface area contributed by atoms with Crippen LogP contribution >= 0.6 is 11.3 Å². The molecule has 0 radical (unpaired) electrons. The van der Waals surface area contributed by atoms with E-state index in [-0.39, 0.29) is 0 Å². The number of rotatable bonds is 6. The van der Waals surface area contributed by atoms with E-state index in [9.17, 15) is 0 Å². The Morgan fingerprint density at radius 3 is 2.11 bits per heavy atom. The molecule has 1 aliphatic heterocycles. The highest BCUT2D eigenvalue weighted by molar-refractivity contribution is 7.27. The van der Waals surface area contributed by atoms with Gasteiger partial charge in [0.25, 0.3) is 0 Å². The minimum atomic E-state index is -2.88. The molecule has 1 aliphatic rings. The second-order valence-corrected chi connectivity index (χ2v) is 19.0. The molecule has 0 amide bonds. The molecule has 7 heteroatoms. The van der Waals surface area contributed by atoms with E-state index in [1.807, 2.05) is 47.9 Å². The van der Waals surface area contributed by atoms with Crippen LogP contribution in [0.5, 0.6) is 11.5 Å². The van der Waals surface area contributed by atoms with Crippen LogP contribution in [0.3, 0.4) is 0 Å². The van der Waals surface area contributed by atoms with Gasteiger partial charge in [0.05, 0.1) is 27.1 Å². The zero-order valence-electron chi connectivity index (χ0n) is 30.5. The number of fused-ring (bicyclic) bond motifs is 7. The number of pyridine rings is 1. The van der Waals surface area contributed by atoms with Gasteiger partial charge in [-0.1, -0.05) is 127 Å². The molecule has 4 heterocycles. The molecule has 11 rings (SSSR count). The van der Waals surface area contributed by atoms with E-state index >= 15 is 0 Å². The lowest BCUT2D eigenvalue weighted by Gasteiger charge is -2.44. The third-order valence-electron chi connectivity index (χ3n) is 11.2. The van der Waals surface area contributed by atoms with Crippen LogP contribution in [0.1, 0.15) is 0 Å². The summed E-state index contributed by atoms with van der Waals surface area (Å²) in [6, 6.07) is 65.0. The second-order valence-electron chi connectivity index (χ2n) is 14.2. The van der Waals surface area contributed by atoms with Crippen LogP contribution in [0.2, 0.25) is 0 Å². The maximum atomic E-state index is 6.70. The number of benzene rings is 7. The SMILES string of the molecule is Cn1c(-c2cccc(Oc3cccc(N4c5ncccc5[Si](c5ccccc5)(c5ccccc5)c5ccc6c(sc7ccccc76)c54)c3)c2)nc2ccccc21. The van der Waals surface area contributed by atoms with Crippen molar-refractivity contribution in [2.75, 3.05) is 4.90 Å². The summed E-state index contributed by atoms with van der Waals surface area (Å²) < 4.78 is 11.4. The fraction of sp³-hybridized carbons (Fsp3) is 0.0204. The molecule has 56 heavy (non-hydrogen) atoms. The van der Waals surface area contributed by atoms with E-state index in [4.69, 9.17) is 14.7 Å². The number of hydrogen-bond donors (Lipinski definition) is 0. The van der Waals surface area contributed by atoms with Crippen LogP contribution in [0, 0.1) is 0 Å². The molecule has 0 spiro atoms. The van der Waals surface area contributed by atoms with Gasteiger partial charge in [-0.3, -0.25) is 4.90 Å². The maximum absolute atomic E-state index is 6.70. The molecule has 3 aromatic heterocycles. The smallest absolute Gasteiger partial charge is 0.186 e. The molecule has 5 nitrogen and oxygen atoms in total. The van der Waals surface area contributed by atoms with E-state index in [0.29, 0.717) is 0 Å². The normalized spacial score (nSPS) is 13.2. The van der Waals surface area contributed by atoms with Crippen LogP contribution < -0.4 is 30.4 Å². The Labute approximate surface area is 329 Å². The van der Waals surface area contributed by atoms with Crippen molar-refractivity contribution in [2.45, 2.75) is 0 Å². The van der Waals surface area contributed by atoms with E-state index in [2.05, 4.69) is 168 Å². The lowest BCUT2D eigenvalue weighted by molar-refractivity contribution is 0.483. The first kappa shape index (κ1) is 32.6. The van der Waals surface area contributed by atoms with Crippen molar-refractivity contribution in [3.8, 4) is 22.9 Å². The van der Waals surface area contributed by atoms with Crippen LogP contribution in [0.4, 0.5) is 17.2 Å². The third kappa shape index (κ3) is 4.91. The van der Waals surface area contributed by atoms with Crippen molar-refractivity contribution in [3.63, 3.8) is 0 Å². The number of thiophene rings is 1. The maximum Gasteiger partial charge on any atom is 0.186 e. The molecule has 0 saturated carbocycles. The molecule has 0 unspecified atom stereocenters. The molecular formula is C49H34N4OSSi. The molecule has 0 atom stereocenters. The first-order valence-corrected chi connectivity index (χ1v) is 21.6. The molecule has 0 fully saturated rings. The lowest BCUT2D eigenvalue weighted by atomic mass is 10.1. The van der Waals surface area contributed by atoms with Crippen LogP contribution in [-0.2, 0) is 7.05 Å². The summed E-state index contributed by atoms with van der Waals surface area (Å²) in [6.07, 6.45) is 1.93. The standard InChI is InChI=1S/C49H34N4OSSi/c1-52-42-25-10-9-24-41(42)51-48(52)33-15-12-17-35(31-33)54-36-18-13-16-34(32-36)53-46-44(29-28-40-39-23-8-11-26-43(39)55-47(40)46)56(37-19-4-2-5-20-37,38-21-6-3-7-22-38)45-27-14-30-50-49(45)53/h2-32H,1H3. The lowest BCUT2D eigenvalue weighted by Crippen LogP contribution is -2.77. The zero-order valence-corrected chi connectivity index (χ0v) is 32.3. The minimum absolute atomic E-state index is 0.743. The van der Waals surface area contributed by atoms with Crippen molar-refractivity contribution in [2.24, 2.45) is 7.05 Å². The average molecular weight is 755 g/mol. The molecule has 0 saturated heterocycles. The van der Waals surface area contributed by atoms with E-state index in [1.54, 1.807) is 0 Å². The number of hydrogen-bond acceptors (Lipinski definition) is 5. The minimum Gasteiger partial charge on any atom is -0.457 e. The Morgan fingerprint density at radius 1 is 0.589 bits per heavy atom. The highest BCUT2D eigenvalue weighted by Crippen LogP contribution is 2.46. The number of aromatic nitrogens is 3. The summed E-state index contributed by atoms with van der Waals surface area (Å²) in [7, 11) is -0.824. The van der Waals surface area contributed by atoms with Gasteiger partial charge in [0.15, 0.2) is 8.07 Å². The number of ether oxygens (including phenoxy) is 1. The van der Waals surface area contributed by atoms with Crippen molar-refractivity contribution in [1.29, 1.82) is 0 Å².